The summed E-state index contributed by atoms with van der Waals surface area (Å²) in [7, 11) is 1.93. The lowest BCUT2D eigenvalue weighted by Gasteiger charge is -2.13. The van der Waals surface area contributed by atoms with Crippen LogP contribution in [0.1, 0.15) is 32.0 Å². The van der Waals surface area contributed by atoms with E-state index in [-0.39, 0.29) is 0 Å². The fourth-order valence-corrected chi connectivity index (χ4v) is 1.90. The molecule has 0 aliphatic rings. The topological polar surface area (TPSA) is 59.3 Å². The Balaban J connectivity index is 2.22. The van der Waals surface area contributed by atoms with Crippen LogP contribution >= 0.6 is 0 Å². The van der Waals surface area contributed by atoms with Crippen molar-refractivity contribution in [1.29, 1.82) is 0 Å². The zero-order valence-corrected chi connectivity index (χ0v) is 12.5. The first-order valence-electron chi connectivity index (χ1n) is 7.00. The number of ether oxygens (including phenoxy) is 1. The summed E-state index contributed by atoms with van der Waals surface area (Å²) in [6.45, 7) is 8.64. The van der Waals surface area contributed by atoms with Gasteiger partial charge in [-0.3, -0.25) is 4.68 Å². The molecular weight excluding hydrogens is 242 g/mol. The van der Waals surface area contributed by atoms with Gasteiger partial charge < -0.3 is 15.2 Å². The van der Waals surface area contributed by atoms with Crippen LogP contribution in [0.25, 0.3) is 0 Å². The molecule has 1 rings (SSSR count). The Morgan fingerprint density at radius 1 is 1.42 bits per heavy atom. The number of aliphatic hydroxyl groups is 1. The summed E-state index contributed by atoms with van der Waals surface area (Å²) in [5.74, 6) is 0.502. The highest BCUT2D eigenvalue weighted by Gasteiger charge is 2.08. The minimum atomic E-state index is -0.458. The maximum absolute atomic E-state index is 9.76. The molecule has 0 radical (unpaired) electrons. The van der Waals surface area contributed by atoms with Gasteiger partial charge in [-0.2, -0.15) is 5.10 Å². The summed E-state index contributed by atoms with van der Waals surface area (Å²) in [5.41, 5.74) is 2.31. The van der Waals surface area contributed by atoms with E-state index in [1.165, 1.54) is 5.56 Å². The van der Waals surface area contributed by atoms with Crippen molar-refractivity contribution in [3.8, 4) is 0 Å². The van der Waals surface area contributed by atoms with E-state index in [1.807, 2.05) is 17.9 Å². The molecule has 0 bridgehead atoms. The molecule has 1 aromatic rings. The zero-order chi connectivity index (χ0) is 14.3. The summed E-state index contributed by atoms with van der Waals surface area (Å²) in [5, 5.41) is 17.4. The molecule has 0 aromatic carbocycles. The predicted octanol–water partition coefficient (Wildman–Crippen LogP) is 1.11. The van der Waals surface area contributed by atoms with Gasteiger partial charge in [0, 0.05) is 38.5 Å². The quantitative estimate of drug-likeness (QED) is 0.705. The van der Waals surface area contributed by atoms with E-state index in [9.17, 15) is 5.11 Å². The number of aryl methyl sites for hydroxylation is 2. The molecule has 0 saturated heterocycles. The molecule has 19 heavy (non-hydrogen) atoms. The molecule has 1 aromatic heterocycles. The van der Waals surface area contributed by atoms with Crippen LogP contribution in [-0.2, 0) is 24.8 Å². The third kappa shape index (κ3) is 6.18. The molecule has 5 nitrogen and oxygen atoms in total. The van der Waals surface area contributed by atoms with Crippen LogP contribution in [0.5, 0.6) is 0 Å². The van der Waals surface area contributed by atoms with Crippen molar-refractivity contribution in [2.24, 2.45) is 13.0 Å². The second-order valence-electron chi connectivity index (χ2n) is 5.34. The van der Waals surface area contributed by atoms with Crippen molar-refractivity contribution in [1.82, 2.24) is 15.1 Å². The SMILES string of the molecule is CCc1nn(C)cc1CNCC(O)COCC(C)C. The fraction of sp³-hybridized carbons (Fsp3) is 0.786. The Labute approximate surface area is 116 Å². The summed E-state index contributed by atoms with van der Waals surface area (Å²) in [6.07, 6.45) is 2.49. The third-order valence-corrected chi connectivity index (χ3v) is 2.78. The molecule has 0 fully saturated rings. The number of aliphatic hydroxyl groups excluding tert-OH is 1. The van der Waals surface area contributed by atoms with Crippen LogP contribution in [0.2, 0.25) is 0 Å². The normalized spacial score (nSPS) is 13.2. The lowest BCUT2D eigenvalue weighted by molar-refractivity contribution is 0.0260. The van der Waals surface area contributed by atoms with Crippen molar-refractivity contribution in [2.75, 3.05) is 19.8 Å². The van der Waals surface area contributed by atoms with E-state index in [1.54, 1.807) is 0 Å². The standard InChI is InChI=1S/C14H27N3O2/c1-5-14-12(8-17(4)16-14)6-15-7-13(18)10-19-9-11(2)3/h8,11,13,15,18H,5-7,9-10H2,1-4H3. The minimum absolute atomic E-state index is 0.388. The second-order valence-corrected chi connectivity index (χ2v) is 5.34. The van der Waals surface area contributed by atoms with E-state index >= 15 is 0 Å². The zero-order valence-electron chi connectivity index (χ0n) is 12.5. The monoisotopic (exact) mass is 269 g/mol. The molecule has 2 N–H and O–H groups in total. The van der Waals surface area contributed by atoms with E-state index in [2.05, 4.69) is 31.2 Å². The van der Waals surface area contributed by atoms with Gasteiger partial charge in [0.15, 0.2) is 0 Å². The van der Waals surface area contributed by atoms with Gasteiger partial charge >= 0.3 is 0 Å². The van der Waals surface area contributed by atoms with Gasteiger partial charge in [-0.15, -0.1) is 0 Å². The fourth-order valence-electron chi connectivity index (χ4n) is 1.90. The van der Waals surface area contributed by atoms with Crippen LogP contribution in [0.4, 0.5) is 0 Å². The Morgan fingerprint density at radius 3 is 2.79 bits per heavy atom. The van der Waals surface area contributed by atoms with Gasteiger partial charge in [-0.1, -0.05) is 20.8 Å². The number of nitrogens with zero attached hydrogens (tertiary/aromatic N) is 2. The average molecular weight is 269 g/mol. The lowest BCUT2D eigenvalue weighted by Crippen LogP contribution is -2.30. The number of aromatic nitrogens is 2. The largest absolute Gasteiger partial charge is 0.389 e. The Bertz CT molecular complexity index is 364. The highest BCUT2D eigenvalue weighted by atomic mass is 16.5. The average Bonchev–Trinajstić information content (AvgIpc) is 2.69. The molecule has 0 aliphatic carbocycles. The first-order chi connectivity index (χ1) is 9.02. The lowest BCUT2D eigenvalue weighted by atomic mass is 10.2. The number of rotatable bonds is 9. The Hall–Kier alpha value is -0.910. The minimum Gasteiger partial charge on any atom is -0.389 e. The molecule has 0 spiro atoms. The van der Waals surface area contributed by atoms with E-state index in [0.29, 0.717) is 25.7 Å². The molecule has 0 amide bonds. The second kappa shape index (κ2) is 8.30. The van der Waals surface area contributed by atoms with Crippen molar-refractivity contribution in [3.05, 3.63) is 17.5 Å². The molecular formula is C14H27N3O2. The van der Waals surface area contributed by atoms with Crippen molar-refractivity contribution >= 4 is 0 Å². The molecule has 1 heterocycles. The van der Waals surface area contributed by atoms with Crippen LogP contribution in [-0.4, -0.2) is 40.7 Å². The summed E-state index contributed by atoms with van der Waals surface area (Å²) < 4.78 is 7.23. The first kappa shape index (κ1) is 16.1. The van der Waals surface area contributed by atoms with Gasteiger partial charge in [-0.05, 0) is 12.3 Å². The van der Waals surface area contributed by atoms with Crippen LogP contribution in [0.3, 0.4) is 0 Å². The summed E-state index contributed by atoms with van der Waals surface area (Å²) in [4.78, 5) is 0. The molecule has 0 aliphatic heterocycles. The van der Waals surface area contributed by atoms with E-state index in [0.717, 1.165) is 18.7 Å². The number of hydrogen-bond donors (Lipinski definition) is 2. The van der Waals surface area contributed by atoms with Gasteiger partial charge in [0.1, 0.15) is 0 Å². The molecule has 5 heteroatoms. The third-order valence-electron chi connectivity index (χ3n) is 2.78. The highest BCUT2D eigenvalue weighted by molar-refractivity contribution is 5.16. The number of hydrogen-bond acceptors (Lipinski definition) is 4. The van der Waals surface area contributed by atoms with Gasteiger partial charge in [0.05, 0.1) is 18.4 Å². The number of nitrogens with one attached hydrogen (secondary N) is 1. The maximum Gasteiger partial charge on any atom is 0.0897 e. The summed E-state index contributed by atoms with van der Waals surface area (Å²) in [6, 6.07) is 0. The molecule has 1 atom stereocenters. The van der Waals surface area contributed by atoms with Gasteiger partial charge in [0.2, 0.25) is 0 Å². The Kier molecular flexibility index (Phi) is 7.05. The Morgan fingerprint density at radius 2 is 2.16 bits per heavy atom. The predicted molar refractivity (Wildman–Crippen MR) is 76.0 cm³/mol. The highest BCUT2D eigenvalue weighted by Crippen LogP contribution is 2.06. The van der Waals surface area contributed by atoms with Crippen LogP contribution in [0.15, 0.2) is 6.20 Å². The molecule has 110 valence electrons. The molecule has 1 unspecified atom stereocenters. The van der Waals surface area contributed by atoms with Crippen LogP contribution in [0, 0.1) is 5.92 Å². The maximum atomic E-state index is 9.76. The summed E-state index contributed by atoms with van der Waals surface area (Å²) >= 11 is 0. The van der Waals surface area contributed by atoms with E-state index in [4.69, 9.17) is 4.74 Å². The van der Waals surface area contributed by atoms with Crippen molar-refractivity contribution < 1.29 is 9.84 Å². The first-order valence-corrected chi connectivity index (χ1v) is 7.00. The smallest absolute Gasteiger partial charge is 0.0897 e. The van der Waals surface area contributed by atoms with Crippen molar-refractivity contribution in [3.63, 3.8) is 0 Å². The van der Waals surface area contributed by atoms with Gasteiger partial charge in [-0.25, -0.2) is 0 Å². The van der Waals surface area contributed by atoms with E-state index < -0.39 is 6.10 Å². The van der Waals surface area contributed by atoms with Crippen molar-refractivity contribution in [2.45, 2.75) is 39.8 Å². The molecule has 0 saturated carbocycles. The van der Waals surface area contributed by atoms with Gasteiger partial charge in [0.25, 0.3) is 0 Å². The van der Waals surface area contributed by atoms with Crippen LogP contribution < -0.4 is 5.32 Å².